The highest BCUT2D eigenvalue weighted by molar-refractivity contribution is 9.10. The van der Waals surface area contributed by atoms with E-state index < -0.39 is 0 Å². The summed E-state index contributed by atoms with van der Waals surface area (Å²) in [6.07, 6.45) is 3.34. The van der Waals surface area contributed by atoms with Crippen molar-refractivity contribution < 1.29 is 4.79 Å². The molecule has 7 heteroatoms. The van der Waals surface area contributed by atoms with Crippen LogP contribution in [0.1, 0.15) is 21.7 Å². The molecule has 23 heavy (non-hydrogen) atoms. The maximum absolute atomic E-state index is 12.4. The van der Waals surface area contributed by atoms with Crippen LogP contribution in [0.25, 0.3) is 5.65 Å². The second kappa shape index (κ2) is 6.52. The van der Waals surface area contributed by atoms with E-state index in [1.54, 1.807) is 29.7 Å². The third-order valence-electron chi connectivity index (χ3n) is 3.20. The van der Waals surface area contributed by atoms with E-state index in [9.17, 15) is 4.79 Å². The fourth-order valence-electron chi connectivity index (χ4n) is 2.22. The summed E-state index contributed by atoms with van der Waals surface area (Å²) in [4.78, 5) is 16.7. The smallest absolute Gasteiger partial charge is 0.290 e. The van der Waals surface area contributed by atoms with Crippen LogP contribution in [0, 0.1) is 6.92 Å². The number of benzene rings is 1. The van der Waals surface area contributed by atoms with Crippen molar-refractivity contribution in [2.45, 2.75) is 6.92 Å². The molecular formula is C16H12BrClN4O. The Hall–Kier alpha value is -2.18. The van der Waals surface area contributed by atoms with Gasteiger partial charge in [0.05, 0.1) is 11.9 Å². The van der Waals surface area contributed by atoms with Crippen LogP contribution in [-0.4, -0.2) is 21.5 Å². The highest BCUT2D eigenvalue weighted by Gasteiger charge is 2.16. The molecule has 0 fully saturated rings. The summed E-state index contributed by atoms with van der Waals surface area (Å²) >= 11 is 9.30. The number of aryl methyl sites for hydroxylation is 1. The molecule has 0 aliphatic rings. The standard InChI is InChI=1S/C16H12BrClN4O/c1-10-15(22-9-12(17)5-6-14(22)20-10)16(23)21-19-8-11-3-2-4-13(18)7-11/h2-9H,1H3,(H,21,23)/b19-8+. The molecule has 5 nitrogen and oxygen atoms in total. The number of amides is 1. The van der Waals surface area contributed by atoms with Gasteiger partial charge in [-0.3, -0.25) is 9.20 Å². The van der Waals surface area contributed by atoms with Gasteiger partial charge < -0.3 is 0 Å². The molecular weight excluding hydrogens is 380 g/mol. The van der Waals surface area contributed by atoms with Gasteiger partial charge in [-0.25, -0.2) is 10.4 Å². The van der Waals surface area contributed by atoms with Crippen molar-refractivity contribution in [3.8, 4) is 0 Å². The van der Waals surface area contributed by atoms with E-state index >= 15 is 0 Å². The normalized spacial score (nSPS) is 11.3. The zero-order chi connectivity index (χ0) is 16.4. The maximum atomic E-state index is 12.4. The van der Waals surface area contributed by atoms with Crippen LogP contribution in [0.15, 0.2) is 52.2 Å². The van der Waals surface area contributed by atoms with Crippen LogP contribution in [0.5, 0.6) is 0 Å². The van der Waals surface area contributed by atoms with Crippen molar-refractivity contribution in [3.05, 3.63) is 69.0 Å². The number of nitrogens with zero attached hydrogens (tertiary/aromatic N) is 3. The highest BCUT2D eigenvalue weighted by Crippen LogP contribution is 2.16. The summed E-state index contributed by atoms with van der Waals surface area (Å²) in [5.74, 6) is -0.327. The van der Waals surface area contributed by atoms with Crippen LogP contribution in [-0.2, 0) is 0 Å². The number of rotatable bonds is 3. The molecule has 0 saturated heterocycles. The molecule has 1 amide bonds. The zero-order valence-corrected chi connectivity index (χ0v) is 14.5. The predicted molar refractivity (Wildman–Crippen MR) is 94.1 cm³/mol. The Balaban J connectivity index is 1.84. The Kier molecular flexibility index (Phi) is 4.45. The quantitative estimate of drug-likeness (QED) is 0.545. The molecule has 0 unspecified atom stereocenters. The molecule has 3 aromatic rings. The maximum Gasteiger partial charge on any atom is 0.290 e. The van der Waals surface area contributed by atoms with Crippen molar-refractivity contribution in [3.63, 3.8) is 0 Å². The van der Waals surface area contributed by atoms with Gasteiger partial charge in [-0.15, -0.1) is 0 Å². The Morgan fingerprint density at radius 1 is 1.39 bits per heavy atom. The minimum Gasteiger partial charge on any atom is -0.294 e. The lowest BCUT2D eigenvalue weighted by atomic mass is 10.2. The summed E-state index contributed by atoms with van der Waals surface area (Å²) in [7, 11) is 0. The first-order valence-electron chi connectivity index (χ1n) is 6.78. The Morgan fingerprint density at radius 2 is 2.22 bits per heavy atom. The first-order chi connectivity index (χ1) is 11.0. The first-order valence-corrected chi connectivity index (χ1v) is 7.95. The summed E-state index contributed by atoms with van der Waals surface area (Å²) < 4.78 is 2.59. The van der Waals surface area contributed by atoms with Crippen LogP contribution in [0.2, 0.25) is 5.02 Å². The van der Waals surface area contributed by atoms with Crippen LogP contribution >= 0.6 is 27.5 Å². The number of hydrogen-bond acceptors (Lipinski definition) is 3. The number of carbonyl (C=O) groups excluding carboxylic acids is 1. The zero-order valence-electron chi connectivity index (χ0n) is 12.1. The van der Waals surface area contributed by atoms with Gasteiger partial charge in [-0.2, -0.15) is 5.10 Å². The van der Waals surface area contributed by atoms with E-state index in [2.05, 4.69) is 31.4 Å². The van der Waals surface area contributed by atoms with E-state index in [0.29, 0.717) is 22.1 Å². The lowest BCUT2D eigenvalue weighted by Crippen LogP contribution is -2.20. The highest BCUT2D eigenvalue weighted by atomic mass is 79.9. The van der Waals surface area contributed by atoms with Crippen LogP contribution in [0.3, 0.4) is 0 Å². The number of carbonyl (C=O) groups is 1. The minimum atomic E-state index is -0.327. The van der Waals surface area contributed by atoms with Gasteiger partial charge in [0.2, 0.25) is 0 Å². The molecule has 2 aromatic heterocycles. The molecule has 116 valence electrons. The van der Waals surface area contributed by atoms with Crippen molar-refractivity contribution in [1.82, 2.24) is 14.8 Å². The summed E-state index contributed by atoms with van der Waals surface area (Å²) in [6.45, 7) is 1.79. The topological polar surface area (TPSA) is 58.8 Å². The fourth-order valence-corrected chi connectivity index (χ4v) is 2.75. The number of hydrogen-bond donors (Lipinski definition) is 1. The number of halogens is 2. The second-order valence-corrected chi connectivity index (χ2v) is 6.23. The van der Waals surface area contributed by atoms with E-state index in [1.165, 1.54) is 6.21 Å². The molecule has 0 aliphatic heterocycles. The molecule has 0 bridgehead atoms. The van der Waals surface area contributed by atoms with Gasteiger partial charge in [-0.1, -0.05) is 23.7 Å². The predicted octanol–water partition coefficient (Wildman–Crippen LogP) is 3.82. The Labute approximate surface area is 146 Å². The Bertz CT molecular complexity index is 920. The van der Waals surface area contributed by atoms with Gasteiger partial charge in [0.15, 0.2) is 0 Å². The van der Waals surface area contributed by atoms with Crippen molar-refractivity contribution in [1.29, 1.82) is 0 Å². The van der Waals surface area contributed by atoms with E-state index in [1.807, 2.05) is 24.3 Å². The average molecular weight is 392 g/mol. The molecule has 2 heterocycles. The molecule has 1 N–H and O–H groups in total. The Morgan fingerprint density at radius 3 is 3.00 bits per heavy atom. The van der Waals surface area contributed by atoms with Crippen LogP contribution in [0.4, 0.5) is 0 Å². The fraction of sp³-hybridized carbons (Fsp3) is 0.0625. The van der Waals surface area contributed by atoms with Crippen LogP contribution < -0.4 is 5.43 Å². The van der Waals surface area contributed by atoms with Crippen molar-refractivity contribution in [2.75, 3.05) is 0 Å². The van der Waals surface area contributed by atoms with Crippen molar-refractivity contribution >= 4 is 45.3 Å². The number of aromatic nitrogens is 2. The summed E-state index contributed by atoms with van der Waals surface area (Å²) in [5, 5.41) is 4.59. The molecule has 0 spiro atoms. The number of imidazole rings is 1. The minimum absolute atomic E-state index is 0.327. The van der Waals surface area contributed by atoms with Crippen molar-refractivity contribution in [2.24, 2.45) is 5.10 Å². The van der Waals surface area contributed by atoms with E-state index in [0.717, 1.165) is 10.0 Å². The van der Waals surface area contributed by atoms with Gasteiger partial charge in [0, 0.05) is 15.7 Å². The molecule has 0 radical (unpaired) electrons. The monoisotopic (exact) mass is 390 g/mol. The number of nitrogens with one attached hydrogen (secondary N) is 1. The number of hydrazone groups is 1. The summed E-state index contributed by atoms with van der Waals surface area (Å²) in [6, 6.07) is 10.9. The third kappa shape index (κ3) is 3.43. The molecule has 0 atom stereocenters. The lowest BCUT2D eigenvalue weighted by molar-refractivity contribution is 0.0948. The summed E-state index contributed by atoms with van der Waals surface area (Å²) in [5.41, 5.74) is 5.11. The largest absolute Gasteiger partial charge is 0.294 e. The SMILES string of the molecule is Cc1nc2ccc(Br)cn2c1C(=O)N/N=C/c1cccc(Cl)c1. The second-order valence-electron chi connectivity index (χ2n) is 4.88. The van der Waals surface area contributed by atoms with Gasteiger partial charge in [0.25, 0.3) is 5.91 Å². The van der Waals surface area contributed by atoms with Gasteiger partial charge >= 0.3 is 0 Å². The molecule has 0 aliphatic carbocycles. The lowest BCUT2D eigenvalue weighted by Gasteiger charge is -2.02. The number of pyridine rings is 1. The molecule has 0 saturated carbocycles. The van der Waals surface area contributed by atoms with Gasteiger partial charge in [0.1, 0.15) is 11.3 Å². The van der Waals surface area contributed by atoms with Gasteiger partial charge in [-0.05, 0) is 52.7 Å². The number of fused-ring (bicyclic) bond motifs is 1. The van der Waals surface area contributed by atoms with E-state index in [-0.39, 0.29) is 5.91 Å². The van der Waals surface area contributed by atoms with E-state index in [4.69, 9.17) is 11.6 Å². The third-order valence-corrected chi connectivity index (χ3v) is 3.90. The molecule has 3 rings (SSSR count). The average Bonchev–Trinajstić information content (AvgIpc) is 2.82. The molecule has 1 aromatic carbocycles. The first kappa shape index (κ1) is 15.7.